The van der Waals surface area contributed by atoms with Crippen molar-refractivity contribution in [1.29, 1.82) is 0 Å². The third-order valence-corrected chi connectivity index (χ3v) is 13.4. The predicted molar refractivity (Wildman–Crippen MR) is 260 cm³/mol. The van der Waals surface area contributed by atoms with Gasteiger partial charge in [-0.25, -0.2) is 0 Å². The van der Waals surface area contributed by atoms with Gasteiger partial charge < -0.3 is 8.83 Å². The Balaban J connectivity index is 1.16. The van der Waals surface area contributed by atoms with Crippen molar-refractivity contribution in [3.63, 3.8) is 0 Å². The van der Waals surface area contributed by atoms with Gasteiger partial charge in [-0.15, -0.1) is 0 Å². The van der Waals surface area contributed by atoms with Gasteiger partial charge >= 0.3 is 0 Å². The van der Waals surface area contributed by atoms with Crippen LogP contribution in [0.25, 0.3) is 143 Å². The fraction of sp³-hybridized carbons (Fsp3) is 0. The van der Waals surface area contributed by atoms with Gasteiger partial charge in [0, 0.05) is 32.7 Å². The first kappa shape index (κ1) is 33.6. The number of furan rings is 2. The highest BCUT2D eigenvalue weighted by Crippen LogP contribution is 2.54. The average Bonchev–Trinajstić information content (AvgIpc) is 3.92. The lowest BCUT2D eigenvalue weighted by molar-refractivity contribution is 0.669. The Morgan fingerprint density at radius 3 is 1.23 bits per heavy atom. The summed E-state index contributed by atoms with van der Waals surface area (Å²) in [5, 5.41) is 12.0. The van der Waals surface area contributed by atoms with Crippen molar-refractivity contribution in [2.45, 2.75) is 0 Å². The molecule has 1 aliphatic rings. The van der Waals surface area contributed by atoms with E-state index in [1.165, 1.54) is 76.8 Å². The first-order chi connectivity index (χ1) is 30.8. The molecular weight excluding hydrogens is 753 g/mol. The summed E-state index contributed by atoms with van der Waals surface area (Å²) in [7, 11) is 0. The summed E-state index contributed by atoms with van der Waals surface area (Å²) >= 11 is 0. The zero-order valence-electron chi connectivity index (χ0n) is 33.4. The second-order valence-electron chi connectivity index (χ2n) is 16.6. The van der Waals surface area contributed by atoms with E-state index in [1.54, 1.807) is 0 Å². The van der Waals surface area contributed by atoms with Gasteiger partial charge in [0.2, 0.25) is 0 Å². The van der Waals surface area contributed by atoms with E-state index in [-0.39, 0.29) is 0 Å². The molecule has 0 saturated heterocycles. The van der Waals surface area contributed by atoms with Crippen LogP contribution in [0.2, 0.25) is 0 Å². The molecule has 1 aliphatic carbocycles. The Hall–Kier alpha value is -8.20. The molecule has 0 aliphatic heterocycles. The van der Waals surface area contributed by atoms with Crippen LogP contribution in [0.15, 0.2) is 215 Å². The third kappa shape index (κ3) is 4.64. The molecule has 11 aromatic carbocycles. The molecule has 0 saturated carbocycles. The van der Waals surface area contributed by atoms with Crippen LogP contribution in [0, 0.1) is 0 Å². The summed E-state index contributed by atoms with van der Waals surface area (Å²) in [4.78, 5) is 0. The van der Waals surface area contributed by atoms with Crippen LogP contribution in [0.3, 0.4) is 0 Å². The molecule has 0 atom stereocenters. The van der Waals surface area contributed by atoms with Gasteiger partial charge in [0.15, 0.2) is 0 Å². The van der Waals surface area contributed by atoms with Gasteiger partial charge in [-0.05, 0) is 118 Å². The standard InChI is InChI=1S/C60H34O2/c1-4-17-40-39(16-1)43-31-30-35(36-22-11-25-48-44-20-7-9-28-56(44)61-59(36)48)32-51(43)54-33-52-41-18-5-2-14-37(41)38-15-3-6-19-42(38)53(52)34-55(54)58-46(40)23-12-24-47(58)50-27-13-26-49-45-21-8-10-29-57(45)62-60(49)50/h1-34H. The molecule has 0 unspecified atom stereocenters. The molecule has 286 valence electrons. The summed E-state index contributed by atoms with van der Waals surface area (Å²) in [6.07, 6.45) is 0. The Kier molecular flexibility index (Phi) is 6.86. The minimum absolute atomic E-state index is 0.893. The SMILES string of the molecule is c1ccc2c(c1)-c1ccc(-c3cccc4c3oc3ccccc34)cc1-c1cc3c4ccccc4c4ccccc4c3cc1-c1c-2cccc1-c1cccc2c1oc1ccccc12. The van der Waals surface area contributed by atoms with Crippen LogP contribution < -0.4 is 0 Å². The highest BCUT2D eigenvalue weighted by molar-refractivity contribution is 6.27. The van der Waals surface area contributed by atoms with E-state index in [2.05, 4.69) is 200 Å². The molecule has 0 radical (unpaired) electrons. The monoisotopic (exact) mass is 786 g/mol. The van der Waals surface area contributed by atoms with Crippen molar-refractivity contribution in [3.8, 4) is 66.8 Å². The van der Waals surface area contributed by atoms with Crippen molar-refractivity contribution >= 4 is 76.2 Å². The number of para-hydroxylation sites is 4. The van der Waals surface area contributed by atoms with Crippen molar-refractivity contribution in [1.82, 2.24) is 0 Å². The zero-order valence-corrected chi connectivity index (χ0v) is 33.4. The maximum Gasteiger partial charge on any atom is 0.143 e. The van der Waals surface area contributed by atoms with E-state index in [0.29, 0.717) is 0 Å². The van der Waals surface area contributed by atoms with Gasteiger partial charge in [-0.1, -0.05) is 176 Å². The average molecular weight is 787 g/mol. The second kappa shape index (κ2) is 12.7. The summed E-state index contributed by atoms with van der Waals surface area (Å²) in [5.74, 6) is 0. The van der Waals surface area contributed by atoms with E-state index in [1.807, 2.05) is 6.07 Å². The van der Waals surface area contributed by atoms with Gasteiger partial charge in [0.25, 0.3) is 0 Å². The second-order valence-corrected chi connectivity index (χ2v) is 16.6. The van der Waals surface area contributed by atoms with E-state index in [4.69, 9.17) is 8.83 Å². The molecular formula is C60H34O2. The molecule has 0 N–H and O–H groups in total. The number of rotatable bonds is 2. The molecule has 0 amide bonds. The zero-order chi connectivity index (χ0) is 40.5. The van der Waals surface area contributed by atoms with Crippen LogP contribution in [0.4, 0.5) is 0 Å². The summed E-state index contributed by atoms with van der Waals surface area (Å²) in [5.41, 5.74) is 17.5. The van der Waals surface area contributed by atoms with E-state index < -0.39 is 0 Å². The van der Waals surface area contributed by atoms with Crippen molar-refractivity contribution in [3.05, 3.63) is 206 Å². The fourth-order valence-corrected chi connectivity index (χ4v) is 10.7. The Morgan fingerprint density at radius 2 is 0.597 bits per heavy atom. The molecule has 2 nitrogen and oxygen atoms in total. The molecule has 2 heterocycles. The first-order valence-electron chi connectivity index (χ1n) is 21.3. The van der Waals surface area contributed by atoms with Crippen LogP contribution in [-0.4, -0.2) is 0 Å². The lowest BCUT2D eigenvalue weighted by Gasteiger charge is -2.26. The quantitative estimate of drug-likeness (QED) is 0.163. The van der Waals surface area contributed by atoms with Crippen LogP contribution in [0.1, 0.15) is 0 Å². The fourth-order valence-electron chi connectivity index (χ4n) is 10.7. The highest BCUT2D eigenvalue weighted by atomic mass is 16.3. The molecule has 0 fully saturated rings. The molecule has 2 heteroatoms. The smallest absolute Gasteiger partial charge is 0.143 e. The van der Waals surface area contributed by atoms with E-state index in [0.717, 1.165) is 66.1 Å². The molecule has 14 rings (SSSR count). The number of benzene rings is 11. The van der Waals surface area contributed by atoms with E-state index >= 15 is 0 Å². The Morgan fingerprint density at radius 1 is 0.210 bits per heavy atom. The molecule has 13 aromatic rings. The topological polar surface area (TPSA) is 26.3 Å². The lowest BCUT2D eigenvalue weighted by atomic mass is 9.76. The van der Waals surface area contributed by atoms with Crippen LogP contribution in [-0.2, 0) is 0 Å². The maximum atomic E-state index is 6.79. The number of fused-ring (bicyclic) bond motifs is 20. The Bertz CT molecular complexity index is 4050. The molecule has 0 bridgehead atoms. The number of hydrogen-bond donors (Lipinski definition) is 0. The molecule has 0 spiro atoms. The van der Waals surface area contributed by atoms with Gasteiger partial charge in [-0.3, -0.25) is 0 Å². The largest absolute Gasteiger partial charge is 0.455 e. The Labute approximate surface area is 356 Å². The third-order valence-electron chi connectivity index (χ3n) is 13.4. The lowest BCUT2D eigenvalue weighted by Crippen LogP contribution is -2.00. The van der Waals surface area contributed by atoms with Crippen molar-refractivity contribution in [2.24, 2.45) is 0 Å². The predicted octanol–water partition coefficient (Wildman–Crippen LogP) is 17.3. The van der Waals surface area contributed by atoms with Gasteiger partial charge in [0.1, 0.15) is 22.3 Å². The minimum atomic E-state index is 0.893. The summed E-state index contributed by atoms with van der Waals surface area (Å²) < 4.78 is 13.4. The summed E-state index contributed by atoms with van der Waals surface area (Å²) in [6.45, 7) is 0. The molecule has 62 heavy (non-hydrogen) atoms. The van der Waals surface area contributed by atoms with Crippen molar-refractivity contribution < 1.29 is 8.83 Å². The van der Waals surface area contributed by atoms with Gasteiger partial charge in [-0.2, -0.15) is 0 Å². The molecule has 2 aromatic heterocycles. The normalized spacial score (nSPS) is 12.2. The van der Waals surface area contributed by atoms with Crippen molar-refractivity contribution in [2.75, 3.05) is 0 Å². The van der Waals surface area contributed by atoms with Crippen LogP contribution in [0.5, 0.6) is 0 Å². The number of hydrogen-bond acceptors (Lipinski definition) is 2. The minimum Gasteiger partial charge on any atom is -0.455 e. The van der Waals surface area contributed by atoms with E-state index in [9.17, 15) is 0 Å². The van der Waals surface area contributed by atoms with Crippen LogP contribution >= 0.6 is 0 Å². The van der Waals surface area contributed by atoms with Gasteiger partial charge in [0.05, 0.1) is 0 Å². The summed E-state index contributed by atoms with van der Waals surface area (Å²) in [6, 6.07) is 75.4. The highest BCUT2D eigenvalue weighted by Gasteiger charge is 2.28. The maximum absolute atomic E-state index is 6.79. The first-order valence-corrected chi connectivity index (χ1v) is 21.3.